The van der Waals surface area contributed by atoms with Crippen LogP contribution in [0.1, 0.15) is 45.4 Å². The number of hydrogen-bond acceptors (Lipinski definition) is 1. The van der Waals surface area contributed by atoms with Crippen molar-refractivity contribution in [3.8, 4) is 0 Å². The van der Waals surface area contributed by atoms with Crippen molar-refractivity contribution in [1.82, 2.24) is 0 Å². The van der Waals surface area contributed by atoms with E-state index in [0.29, 0.717) is 0 Å². The Balaban J connectivity index is 3.05. The summed E-state index contributed by atoms with van der Waals surface area (Å²) >= 11 is 0. The summed E-state index contributed by atoms with van der Waals surface area (Å²) in [7, 11) is 0. The standard InChI is InChI=1S/C10H17O2/c1-2-3-4-5-6-7-8-9-10(11)12/h8-9H,2-7H2,1H3/b9-8+. The Morgan fingerprint density at radius 3 is 2.42 bits per heavy atom. The molecule has 0 spiro atoms. The van der Waals surface area contributed by atoms with Crippen LogP contribution in [-0.4, -0.2) is 5.97 Å². The fourth-order valence-electron chi connectivity index (χ4n) is 1.05. The molecule has 2 nitrogen and oxygen atoms in total. The van der Waals surface area contributed by atoms with Crippen LogP contribution in [0.15, 0.2) is 12.2 Å². The van der Waals surface area contributed by atoms with Gasteiger partial charge in [-0.05, 0) is 12.8 Å². The van der Waals surface area contributed by atoms with Gasteiger partial charge in [-0.15, -0.1) is 0 Å². The third kappa shape index (κ3) is 9.21. The Morgan fingerprint density at radius 1 is 1.17 bits per heavy atom. The molecular formula is C10H17O2. The van der Waals surface area contributed by atoms with Crippen LogP contribution >= 0.6 is 0 Å². The van der Waals surface area contributed by atoms with Gasteiger partial charge in [0.15, 0.2) is 0 Å². The molecule has 12 heavy (non-hydrogen) atoms. The number of carbonyl (C=O) groups is 1. The van der Waals surface area contributed by atoms with Crippen molar-refractivity contribution >= 4 is 5.97 Å². The molecule has 0 saturated carbocycles. The lowest BCUT2D eigenvalue weighted by atomic mass is 10.1. The van der Waals surface area contributed by atoms with E-state index in [2.05, 4.69) is 6.92 Å². The molecule has 0 saturated heterocycles. The number of hydrogen-bond donors (Lipinski definition) is 0. The first-order valence-electron chi connectivity index (χ1n) is 4.65. The molecular weight excluding hydrogens is 152 g/mol. The van der Waals surface area contributed by atoms with E-state index in [1.54, 1.807) is 6.08 Å². The van der Waals surface area contributed by atoms with E-state index in [9.17, 15) is 9.90 Å². The van der Waals surface area contributed by atoms with Crippen molar-refractivity contribution in [3.63, 3.8) is 0 Å². The summed E-state index contributed by atoms with van der Waals surface area (Å²) in [4.78, 5) is 9.94. The normalized spacial score (nSPS) is 10.8. The summed E-state index contributed by atoms with van der Waals surface area (Å²) in [6, 6.07) is 0. The molecule has 0 amide bonds. The van der Waals surface area contributed by atoms with E-state index >= 15 is 0 Å². The molecule has 69 valence electrons. The number of unbranched alkanes of at least 4 members (excludes halogenated alkanes) is 5. The van der Waals surface area contributed by atoms with E-state index < -0.39 is 5.97 Å². The highest BCUT2D eigenvalue weighted by atomic mass is 16.4. The molecule has 0 aromatic carbocycles. The van der Waals surface area contributed by atoms with Gasteiger partial charge in [-0.1, -0.05) is 38.7 Å². The lowest BCUT2D eigenvalue weighted by Crippen LogP contribution is -1.83. The van der Waals surface area contributed by atoms with Crippen LogP contribution in [0.25, 0.3) is 0 Å². The first-order chi connectivity index (χ1) is 5.77. The van der Waals surface area contributed by atoms with Gasteiger partial charge in [0.25, 0.3) is 0 Å². The summed E-state index contributed by atoms with van der Waals surface area (Å²) in [5.74, 6) is -1.09. The molecule has 0 rings (SSSR count). The van der Waals surface area contributed by atoms with Crippen molar-refractivity contribution in [2.24, 2.45) is 0 Å². The second-order valence-corrected chi connectivity index (χ2v) is 2.92. The van der Waals surface area contributed by atoms with Gasteiger partial charge in [-0.2, -0.15) is 0 Å². The fourth-order valence-corrected chi connectivity index (χ4v) is 1.05. The number of carbonyl (C=O) groups excluding carboxylic acids is 1. The fraction of sp³-hybridized carbons (Fsp3) is 0.700. The minimum Gasteiger partial charge on any atom is -0.242 e. The third-order valence-corrected chi connectivity index (χ3v) is 1.73. The minimum absolute atomic E-state index is 0.859. The number of allylic oxidation sites excluding steroid dienone is 1. The molecule has 0 aromatic rings. The molecule has 0 heterocycles. The first-order valence-corrected chi connectivity index (χ1v) is 4.65. The number of rotatable bonds is 7. The Labute approximate surface area is 74.3 Å². The van der Waals surface area contributed by atoms with Crippen LogP contribution in [0.5, 0.6) is 0 Å². The van der Waals surface area contributed by atoms with Crippen LogP contribution in [-0.2, 0) is 9.90 Å². The van der Waals surface area contributed by atoms with Crippen LogP contribution in [0.4, 0.5) is 0 Å². The Kier molecular flexibility index (Phi) is 7.76. The lowest BCUT2D eigenvalue weighted by Gasteiger charge is -1.95. The second-order valence-electron chi connectivity index (χ2n) is 2.92. The maximum absolute atomic E-state index is 9.94. The Bertz CT molecular complexity index is 139. The summed E-state index contributed by atoms with van der Waals surface area (Å²) in [6.07, 6.45) is 9.71. The lowest BCUT2D eigenvalue weighted by molar-refractivity contribution is -0.137. The average Bonchev–Trinajstić information content (AvgIpc) is 2.02. The molecule has 0 bridgehead atoms. The highest BCUT2D eigenvalue weighted by molar-refractivity contribution is 5.79. The van der Waals surface area contributed by atoms with Crippen molar-refractivity contribution < 1.29 is 9.90 Å². The molecule has 2 heteroatoms. The average molecular weight is 169 g/mol. The van der Waals surface area contributed by atoms with E-state index in [1.165, 1.54) is 25.7 Å². The van der Waals surface area contributed by atoms with Crippen LogP contribution in [0, 0.1) is 0 Å². The van der Waals surface area contributed by atoms with E-state index in [-0.39, 0.29) is 0 Å². The van der Waals surface area contributed by atoms with Crippen LogP contribution < -0.4 is 0 Å². The summed E-state index contributed by atoms with van der Waals surface area (Å²) in [5.41, 5.74) is 0. The van der Waals surface area contributed by atoms with Gasteiger partial charge in [-0.25, -0.2) is 9.90 Å². The molecule has 0 N–H and O–H groups in total. The monoisotopic (exact) mass is 169 g/mol. The molecule has 0 aromatic heterocycles. The van der Waals surface area contributed by atoms with Gasteiger partial charge in [0.2, 0.25) is 0 Å². The molecule has 0 aliphatic rings. The molecule has 0 aliphatic heterocycles. The quantitative estimate of drug-likeness (QED) is 0.426. The maximum atomic E-state index is 9.94. The smallest absolute Gasteiger partial charge is 0.242 e. The van der Waals surface area contributed by atoms with Gasteiger partial charge < -0.3 is 0 Å². The second kappa shape index (κ2) is 8.31. The van der Waals surface area contributed by atoms with Crippen molar-refractivity contribution in [2.75, 3.05) is 0 Å². The maximum Gasteiger partial charge on any atom is 0.378 e. The zero-order chi connectivity index (χ0) is 9.23. The minimum atomic E-state index is -1.09. The Morgan fingerprint density at radius 2 is 1.83 bits per heavy atom. The van der Waals surface area contributed by atoms with E-state index in [0.717, 1.165) is 18.9 Å². The van der Waals surface area contributed by atoms with Crippen LogP contribution in [0.2, 0.25) is 0 Å². The summed E-state index contributed by atoms with van der Waals surface area (Å²) < 4.78 is 0. The van der Waals surface area contributed by atoms with Crippen molar-refractivity contribution in [2.45, 2.75) is 45.4 Å². The van der Waals surface area contributed by atoms with Crippen LogP contribution in [0.3, 0.4) is 0 Å². The molecule has 0 fully saturated rings. The van der Waals surface area contributed by atoms with Crippen molar-refractivity contribution in [1.29, 1.82) is 0 Å². The molecule has 0 atom stereocenters. The molecule has 0 unspecified atom stereocenters. The SMILES string of the molecule is CCCCCCC/C=C/C([O])=O. The third-order valence-electron chi connectivity index (χ3n) is 1.73. The molecule has 1 radical (unpaired) electrons. The highest BCUT2D eigenvalue weighted by Gasteiger charge is 1.89. The topological polar surface area (TPSA) is 37.0 Å². The predicted molar refractivity (Wildman–Crippen MR) is 48.2 cm³/mol. The van der Waals surface area contributed by atoms with E-state index in [1.807, 2.05) is 0 Å². The zero-order valence-electron chi connectivity index (χ0n) is 7.71. The van der Waals surface area contributed by atoms with Crippen molar-refractivity contribution in [3.05, 3.63) is 12.2 Å². The van der Waals surface area contributed by atoms with Gasteiger partial charge >= 0.3 is 5.97 Å². The largest absolute Gasteiger partial charge is 0.378 e. The van der Waals surface area contributed by atoms with Gasteiger partial charge in [-0.3, -0.25) is 0 Å². The first kappa shape index (κ1) is 11.2. The Hall–Kier alpha value is -0.790. The van der Waals surface area contributed by atoms with Gasteiger partial charge in [0, 0.05) is 6.08 Å². The van der Waals surface area contributed by atoms with Gasteiger partial charge in [0.05, 0.1) is 0 Å². The van der Waals surface area contributed by atoms with Gasteiger partial charge in [0.1, 0.15) is 0 Å². The summed E-state index contributed by atoms with van der Waals surface area (Å²) in [6.45, 7) is 2.18. The predicted octanol–water partition coefficient (Wildman–Crippen LogP) is 2.86. The summed E-state index contributed by atoms with van der Waals surface area (Å²) in [5, 5.41) is 9.94. The highest BCUT2D eigenvalue weighted by Crippen LogP contribution is 2.04. The zero-order valence-corrected chi connectivity index (χ0v) is 7.71. The molecule has 0 aliphatic carbocycles. The van der Waals surface area contributed by atoms with E-state index in [4.69, 9.17) is 0 Å².